The summed E-state index contributed by atoms with van der Waals surface area (Å²) in [5, 5.41) is 10.5. The fraction of sp³-hybridized carbons (Fsp3) is 0.389. The predicted octanol–water partition coefficient (Wildman–Crippen LogP) is 3.70. The molecule has 1 fully saturated rings. The van der Waals surface area contributed by atoms with Crippen LogP contribution in [0.3, 0.4) is 0 Å². The van der Waals surface area contributed by atoms with Crippen LogP contribution in [0.1, 0.15) is 40.5 Å². The van der Waals surface area contributed by atoms with Gasteiger partial charge in [0.2, 0.25) is 5.91 Å². The van der Waals surface area contributed by atoms with Gasteiger partial charge in [0, 0.05) is 28.6 Å². The van der Waals surface area contributed by atoms with E-state index in [4.69, 9.17) is 10.8 Å². The van der Waals surface area contributed by atoms with Gasteiger partial charge < -0.3 is 15.7 Å². The van der Waals surface area contributed by atoms with Crippen LogP contribution in [0.15, 0.2) is 32.4 Å². The standard InChI is InChI=1S/C18H20BrN3O3S2/c1-10-8-11(19)2-3-12(10)16(20)14-4-5-15(23)22(14)6-7-26-18-21-13(9-27-18)17(24)25/h2-3,8-9,14,16H,4-7,20H2,1H3,(H,24,25)/t14-,16?/m1/s1. The lowest BCUT2D eigenvalue weighted by atomic mass is 9.94. The van der Waals surface area contributed by atoms with Crippen LogP contribution in [0.5, 0.6) is 0 Å². The molecule has 0 aliphatic carbocycles. The lowest BCUT2D eigenvalue weighted by Crippen LogP contribution is -2.41. The smallest absolute Gasteiger partial charge is 0.355 e. The third-order valence-corrected chi connectivity index (χ3v) is 7.13. The van der Waals surface area contributed by atoms with Gasteiger partial charge >= 0.3 is 5.97 Å². The number of hydrogen-bond acceptors (Lipinski definition) is 6. The Balaban J connectivity index is 1.64. The number of carboxylic acids is 1. The van der Waals surface area contributed by atoms with E-state index < -0.39 is 5.97 Å². The van der Waals surface area contributed by atoms with Gasteiger partial charge in [-0.1, -0.05) is 33.8 Å². The molecule has 3 rings (SSSR count). The van der Waals surface area contributed by atoms with Gasteiger partial charge in [0.1, 0.15) is 0 Å². The molecule has 0 bridgehead atoms. The zero-order valence-electron chi connectivity index (χ0n) is 14.7. The summed E-state index contributed by atoms with van der Waals surface area (Å²) in [4.78, 5) is 29.2. The van der Waals surface area contributed by atoms with Gasteiger partial charge in [-0.05, 0) is 36.6 Å². The Kier molecular flexibility index (Phi) is 6.56. The summed E-state index contributed by atoms with van der Waals surface area (Å²) in [6.07, 6.45) is 1.26. The number of carboxylic acid groups (broad SMARTS) is 1. The highest BCUT2D eigenvalue weighted by atomic mass is 79.9. The number of aryl methyl sites for hydroxylation is 1. The third-order valence-electron chi connectivity index (χ3n) is 4.64. The Morgan fingerprint density at radius 3 is 3.00 bits per heavy atom. The van der Waals surface area contributed by atoms with Crippen LogP contribution in [0.25, 0.3) is 0 Å². The quantitative estimate of drug-likeness (QED) is 0.600. The summed E-state index contributed by atoms with van der Waals surface area (Å²) in [5.41, 5.74) is 8.76. The first kappa shape index (κ1) is 20.3. The zero-order valence-corrected chi connectivity index (χ0v) is 17.9. The van der Waals surface area contributed by atoms with Gasteiger partial charge in [-0.3, -0.25) is 4.79 Å². The summed E-state index contributed by atoms with van der Waals surface area (Å²) in [5.74, 6) is -0.249. The number of aromatic nitrogens is 1. The maximum absolute atomic E-state index is 12.4. The summed E-state index contributed by atoms with van der Waals surface area (Å²) in [6.45, 7) is 2.60. The van der Waals surface area contributed by atoms with E-state index in [1.807, 2.05) is 30.0 Å². The average Bonchev–Trinajstić information content (AvgIpc) is 3.22. The molecular formula is C18H20BrN3O3S2. The second kappa shape index (κ2) is 8.72. The first-order valence-electron chi connectivity index (χ1n) is 8.49. The Morgan fingerprint density at radius 2 is 2.33 bits per heavy atom. The molecule has 144 valence electrons. The molecule has 3 N–H and O–H groups in total. The van der Waals surface area contributed by atoms with Gasteiger partial charge in [-0.15, -0.1) is 11.3 Å². The van der Waals surface area contributed by atoms with Crippen LogP contribution in [-0.2, 0) is 4.79 Å². The first-order valence-corrected chi connectivity index (χ1v) is 11.2. The van der Waals surface area contributed by atoms with Gasteiger partial charge in [-0.25, -0.2) is 9.78 Å². The van der Waals surface area contributed by atoms with Crippen molar-refractivity contribution in [3.05, 3.63) is 44.9 Å². The number of aromatic carboxylic acids is 1. The Labute approximate surface area is 174 Å². The number of hydrogen-bond donors (Lipinski definition) is 2. The molecule has 9 heteroatoms. The number of carbonyl (C=O) groups is 2. The molecule has 1 aromatic carbocycles. The van der Waals surface area contributed by atoms with Crippen molar-refractivity contribution in [2.75, 3.05) is 12.3 Å². The van der Waals surface area contributed by atoms with Crippen LogP contribution in [0.4, 0.5) is 0 Å². The molecule has 6 nitrogen and oxygen atoms in total. The fourth-order valence-corrected chi connectivity index (χ4v) is 5.58. The van der Waals surface area contributed by atoms with E-state index in [0.29, 0.717) is 23.1 Å². The van der Waals surface area contributed by atoms with Crippen LogP contribution in [-0.4, -0.2) is 45.2 Å². The normalized spacial score (nSPS) is 18.1. The number of amides is 1. The molecule has 0 spiro atoms. The minimum Gasteiger partial charge on any atom is -0.476 e. The minimum atomic E-state index is -1.02. The van der Waals surface area contributed by atoms with E-state index in [-0.39, 0.29) is 23.7 Å². The van der Waals surface area contributed by atoms with Crippen LogP contribution in [0, 0.1) is 6.92 Å². The van der Waals surface area contributed by atoms with Gasteiger partial charge in [0.25, 0.3) is 0 Å². The topological polar surface area (TPSA) is 96.5 Å². The monoisotopic (exact) mass is 469 g/mol. The van der Waals surface area contributed by atoms with Crippen LogP contribution in [0.2, 0.25) is 0 Å². The van der Waals surface area contributed by atoms with Crippen molar-refractivity contribution in [1.82, 2.24) is 9.88 Å². The third kappa shape index (κ3) is 4.71. The molecule has 27 heavy (non-hydrogen) atoms. The van der Waals surface area contributed by atoms with Crippen molar-refractivity contribution in [2.45, 2.75) is 36.2 Å². The molecule has 2 aromatic rings. The van der Waals surface area contributed by atoms with Gasteiger partial charge in [0.15, 0.2) is 10.0 Å². The molecule has 1 aliphatic heterocycles. The van der Waals surface area contributed by atoms with Crippen molar-refractivity contribution in [1.29, 1.82) is 0 Å². The number of nitrogens with zero attached hydrogens (tertiary/aromatic N) is 2. The number of carbonyl (C=O) groups excluding carboxylic acids is 1. The lowest BCUT2D eigenvalue weighted by Gasteiger charge is -2.30. The predicted molar refractivity (Wildman–Crippen MR) is 110 cm³/mol. The number of rotatable bonds is 7. The Hall–Kier alpha value is -1.42. The fourth-order valence-electron chi connectivity index (χ4n) is 3.29. The SMILES string of the molecule is Cc1cc(Br)ccc1C(N)[C@H]1CCC(=O)N1CCSc1nc(C(=O)O)cs1. The van der Waals surface area contributed by atoms with Crippen molar-refractivity contribution < 1.29 is 14.7 Å². The molecule has 0 saturated carbocycles. The van der Waals surface area contributed by atoms with Crippen molar-refractivity contribution in [3.8, 4) is 0 Å². The Bertz CT molecular complexity index is 858. The summed E-state index contributed by atoms with van der Waals surface area (Å²) >= 11 is 6.24. The minimum absolute atomic E-state index is 0.0242. The van der Waals surface area contributed by atoms with Crippen LogP contribution < -0.4 is 5.73 Å². The van der Waals surface area contributed by atoms with Crippen molar-refractivity contribution in [3.63, 3.8) is 0 Å². The maximum Gasteiger partial charge on any atom is 0.355 e. The van der Waals surface area contributed by atoms with E-state index in [1.54, 1.807) is 0 Å². The van der Waals surface area contributed by atoms with Gasteiger partial charge in [-0.2, -0.15) is 0 Å². The highest BCUT2D eigenvalue weighted by Crippen LogP contribution is 2.32. The molecule has 1 unspecified atom stereocenters. The van der Waals surface area contributed by atoms with Gasteiger partial charge in [0.05, 0.1) is 12.1 Å². The van der Waals surface area contributed by atoms with E-state index in [0.717, 1.165) is 22.0 Å². The average molecular weight is 470 g/mol. The van der Waals surface area contributed by atoms with E-state index in [9.17, 15) is 9.59 Å². The van der Waals surface area contributed by atoms with E-state index >= 15 is 0 Å². The number of halogens is 1. The number of likely N-dealkylation sites (tertiary alicyclic amines) is 1. The summed E-state index contributed by atoms with van der Waals surface area (Å²) in [6, 6.07) is 5.77. The maximum atomic E-state index is 12.4. The van der Waals surface area contributed by atoms with E-state index in [2.05, 4.69) is 20.9 Å². The molecule has 1 amide bonds. The van der Waals surface area contributed by atoms with Crippen LogP contribution >= 0.6 is 39.0 Å². The molecule has 1 saturated heterocycles. The molecule has 2 heterocycles. The molecule has 1 aliphatic rings. The summed E-state index contributed by atoms with van der Waals surface area (Å²) < 4.78 is 1.71. The lowest BCUT2D eigenvalue weighted by molar-refractivity contribution is -0.128. The molecular weight excluding hydrogens is 450 g/mol. The number of thiazole rings is 1. The van der Waals surface area contributed by atoms with Crippen molar-refractivity contribution in [2.24, 2.45) is 5.73 Å². The first-order chi connectivity index (χ1) is 12.9. The zero-order chi connectivity index (χ0) is 19.6. The molecule has 0 radical (unpaired) electrons. The number of nitrogens with two attached hydrogens (primary N) is 1. The second-order valence-corrected chi connectivity index (χ2v) is 9.49. The molecule has 2 atom stereocenters. The number of benzene rings is 1. The second-order valence-electron chi connectivity index (χ2n) is 6.37. The Morgan fingerprint density at radius 1 is 1.56 bits per heavy atom. The molecule has 1 aromatic heterocycles. The largest absolute Gasteiger partial charge is 0.476 e. The highest BCUT2D eigenvalue weighted by Gasteiger charge is 2.35. The summed E-state index contributed by atoms with van der Waals surface area (Å²) in [7, 11) is 0. The number of thioether (sulfide) groups is 1. The van der Waals surface area contributed by atoms with E-state index in [1.165, 1.54) is 28.5 Å². The highest BCUT2D eigenvalue weighted by molar-refractivity contribution is 9.10. The van der Waals surface area contributed by atoms with Crippen molar-refractivity contribution >= 4 is 50.9 Å².